The van der Waals surface area contributed by atoms with Crippen LogP contribution in [0.1, 0.15) is 41.3 Å². The number of carbonyl (C=O) groups is 1. The average Bonchev–Trinajstić information content (AvgIpc) is 3.28. The van der Waals surface area contributed by atoms with E-state index >= 15 is 0 Å². The predicted octanol–water partition coefficient (Wildman–Crippen LogP) is 4.27. The molecule has 4 rings (SSSR count). The molecule has 0 radical (unpaired) electrons. The van der Waals surface area contributed by atoms with Crippen LogP contribution in [0.5, 0.6) is 5.75 Å². The van der Waals surface area contributed by atoms with Gasteiger partial charge in [0.05, 0.1) is 18.1 Å². The summed E-state index contributed by atoms with van der Waals surface area (Å²) in [4.78, 5) is 12.4. The molecule has 2 aromatic heterocycles. The summed E-state index contributed by atoms with van der Waals surface area (Å²) in [5.41, 5.74) is 2.03. The first-order chi connectivity index (χ1) is 14.7. The number of ether oxygens (including phenoxy) is 1. The first kappa shape index (κ1) is 21.0. The Hall–Kier alpha value is -3.30. The number of halogens is 3. The number of aromatic nitrogens is 4. The van der Waals surface area contributed by atoms with Gasteiger partial charge in [0, 0.05) is 11.6 Å². The molecule has 1 aliphatic carbocycles. The molecule has 31 heavy (non-hydrogen) atoms. The lowest BCUT2D eigenvalue weighted by Crippen LogP contribution is -2.21. The SMILES string of the molecule is Cc1ccc(OCn2cc(NC(=O)Cn3nc(C(F)(F)F)cc3C3CC3)cn2)c(C)c1. The third-order valence-corrected chi connectivity index (χ3v) is 4.99. The van der Waals surface area contributed by atoms with E-state index in [4.69, 9.17) is 4.74 Å². The van der Waals surface area contributed by atoms with Crippen molar-refractivity contribution in [2.75, 3.05) is 5.32 Å². The van der Waals surface area contributed by atoms with Crippen molar-refractivity contribution in [2.24, 2.45) is 0 Å². The van der Waals surface area contributed by atoms with E-state index in [2.05, 4.69) is 15.5 Å². The average molecular weight is 433 g/mol. The molecule has 10 heteroatoms. The monoisotopic (exact) mass is 433 g/mol. The summed E-state index contributed by atoms with van der Waals surface area (Å²) in [7, 11) is 0. The highest BCUT2D eigenvalue weighted by atomic mass is 19.4. The number of alkyl halides is 3. The predicted molar refractivity (Wildman–Crippen MR) is 107 cm³/mol. The largest absolute Gasteiger partial charge is 0.471 e. The molecule has 1 aliphatic rings. The highest BCUT2D eigenvalue weighted by Crippen LogP contribution is 2.42. The molecule has 1 saturated carbocycles. The highest BCUT2D eigenvalue weighted by molar-refractivity contribution is 5.90. The summed E-state index contributed by atoms with van der Waals surface area (Å²) in [5, 5.41) is 10.4. The van der Waals surface area contributed by atoms with Gasteiger partial charge in [-0.15, -0.1) is 0 Å². The first-order valence-corrected chi connectivity index (χ1v) is 9.86. The summed E-state index contributed by atoms with van der Waals surface area (Å²) in [6, 6.07) is 6.88. The van der Waals surface area contributed by atoms with Crippen LogP contribution >= 0.6 is 0 Å². The maximum absolute atomic E-state index is 13.0. The lowest BCUT2D eigenvalue weighted by molar-refractivity contribution is -0.141. The van der Waals surface area contributed by atoms with Gasteiger partial charge in [-0.05, 0) is 44.4 Å². The Morgan fingerprint density at radius 3 is 2.71 bits per heavy atom. The van der Waals surface area contributed by atoms with Crippen molar-refractivity contribution in [1.29, 1.82) is 0 Å². The molecule has 1 fully saturated rings. The van der Waals surface area contributed by atoms with Crippen LogP contribution in [-0.2, 0) is 24.2 Å². The number of carbonyl (C=O) groups excluding carboxylic acids is 1. The lowest BCUT2D eigenvalue weighted by atomic mass is 10.1. The summed E-state index contributed by atoms with van der Waals surface area (Å²) in [6.45, 7) is 3.80. The molecular weight excluding hydrogens is 411 g/mol. The quantitative estimate of drug-likeness (QED) is 0.604. The van der Waals surface area contributed by atoms with Crippen LogP contribution in [-0.4, -0.2) is 25.5 Å². The van der Waals surface area contributed by atoms with Crippen LogP contribution in [0, 0.1) is 13.8 Å². The smallest absolute Gasteiger partial charge is 0.435 e. The van der Waals surface area contributed by atoms with Gasteiger partial charge in [-0.1, -0.05) is 17.7 Å². The minimum atomic E-state index is -4.54. The topological polar surface area (TPSA) is 74.0 Å². The zero-order valence-corrected chi connectivity index (χ0v) is 17.1. The van der Waals surface area contributed by atoms with Crippen molar-refractivity contribution >= 4 is 11.6 Å². The maximum atomic E-state index is 13.0. The van der Waals surface area contributed by atoms with Gasteiger partial charge in [0.15, 0.2) is 12.4 Å². The minimum absolute atomic E-state index is 0.0292. The van der Waals surface area contributed by atoms with E-state index < -0.39 is 17.8 Å². The van der Waals surface area contributed by atoms with Crippen molar-refractivity contribution in [2.45, 2.75) is 52.1 Å². The number of anilines is 1. The maximum Gasteiger partial charge on any atom is 0.435 e. The Kier molecular flexibility index (Phi) is 5.47. The summed E-state index contributed by atoms with van der Waals surface area (Å²) in [5.74, 6) is 0.286. The zero-order chi connectivity index (χ0) is 22.2. The van der Waals surface area contributed by atoms with Crippen LogP contribution in [0.25, 0.3) is 0 Å². The molecule has 2 heterocycles. The Morgan fingerprint density at radius 2 is 2.03 bits per heavy atom. The van der Waals surface area contributed by atoms with Crippen LogP contribution in [0.4, 0.5) is 18.9 Å². The molecule has 7 nitrogen and oxygen atoms in total. The second kappa shape index (κ2) is 8.09. The molecule has 3 aromatic rings. The van der Waals surface area contributed by atoms with E-state index in [1.807, 2.05) is 32.0 Å². The highest BCUT2D eigenvalue weighted by Gasteiger charge is 2.38. The molecule has 0 atom stereocenters. The molecular formula is C21H22F3N5O2. The summed E-state index contributed by atoms with van der Waals surface area (Å²) < 4.78 is 47.4. The number of nitrogens with one attached hydrogen (secondary N) is 1. The number of rotatable bonds is 7. The molecule has 0 spiro atoms. The third-order valence-electron chi connectivity index (χ3n) is 4.99. The Bertz CT molecular complexity index is 1100. The summed E-state index contributed by atoms with van der Waals surface area (Å²) >= 11 is 0. The van der Waals surface area contributed by atoms with Crippen LogP contribution in [0.15, 0.2) is 36.7 Å². The molecule has 1 N–H and O–H groups in total. The van der Waals surface area contributed by atoms with Crippen molar-refractivity contribution in [3.8, 4) is 5.75 Å². The number of nitrogens with zero attached hydrogens (tertiary/aromatic N) is 4. The van der Waals surface area contributed by atoms with E-state index in [9.17, 15) is 18.0 Å². The zero-order valence-electron chi connectivity index (χ0n) is 17.1. The first-order valence-electron chi connectivity index (χ1n) is 9.86. The van der Waals surface area contributed by atoms with Crippen LogP contribution in [0.2, 0.25) is 0 Å². The van der Waals surface area contributed by atoms with Gasteiger partial charge in [-0.3, -0.25) is 9.48 Å². The van der Waals surface area contributed by atoms with Gasteiger partial charge < -0.3 is 10.1 Å². The van der Waals surface area contributed by atoms with Gasteiger partial charge in [0.1, 0.15) is 12.3 Å². The standard InChI is InChI=1S/C21H22F3N5O2/c1-13-3-6-18(14(2)7-13)31-12-28-10-16(9-25-28)26-20(30)11-29-17(15-4-5-15)8-19(27-29)21(22,23)24/h3,6-10,15H,4-5,11-12H2,1-2H3,(H,26,30). The van der Waals surface area contributed by atoms with Gasteiger partial charge in [0.2, 0.25) is 5.91 Å². The number of hydrogen-bond donors (Lipinski definition) is 1. The van der Waals surface area contributed by atoms with Crippen LogP contribution < -0.4 is 10.1 Å². The Balaban J connectivity index is 1.37. The van der Waals surface area contributed by atoms with Crippen molar-refractivity contribution in [1.82, 2.24) is 19.6 Å². The van der Waals surface area contributed by atoms with E-state index in [1.165, 1.54) is 10.9 Å². The number of aryl methyl sites for hydroxylation is 2. The molecule has 1 amide bonds. The van der Waals surface area contributed by atoms with Crippen molar-refractivity contribution in [3.05, 3.63) is 59.2 Å². The fraction of sp³-hybridized carbons (Fsp3) is 0.381. The lowest BCUT2D eigenvalue weighted by Gasteiger charge is -2.09. The molecule has 0 saturated heterocycles. The van der Waals surface area contributed by atoms with E-state index in [-0.39, 0.29) is 19.2 Å². The van der Waals surface area contributed by atoms with Crippen LogP contribution in [0.3, 0.4) is 0 Å². The molecule has 164 valence electrons. The van der Waals surface area contributed by atoms with E-state index in [0.29, 0.717) is 11.4 Å². The fourth-order valence-electron chi connectivity index (χ4n) is 3.34. The Morgan fingerprint density at radius 1 is 1.26 bits per heavy atom. The second-order valence-electron chi connectivity index (χ2n) is 7.74. The number of hydrogen-bond acceptors (Lipinski definition) is 4. The third kappa shape index (κ3) is 5.07. The van der Waals surface area contributed by atoms with Gasteiger partial charge in [-0.25, -0.2) is 4.68 Å². The normalized spacial score (nSPS) is 14.0. The minimum Gasteiger partial charge on any atom is -0.471 e. The van der Waals surface area contributed by atoms with Gasteiger partial charge in [-0.2, -0.15) is 23.4 Å². The van der Waals surface area contributed by atoms with Crippen molar-refractivity contribution in [3.63, 3.8) is 0 Å². The molecule has 1 aromatic carbocycles. The van der Waals surface area contributed by atoms with Crippen molar-refractivity contribution < 1.29 is 22.7 Å². The molecule has 0 bridgehead atoms. The Labute approximate surface area is 176 Å². The fourth-order valence-corrected chi connectivity index (χ4v) is 3.34. The van der Waals surface area contributed by atoms with E-state index in [0.717, 1.165) is 40.5 Å². The van der Waals surface area contributed by atoms with Gasteiger partial charge in [0.25, 0.3) is 0 Å². The molecule has 0 unspecified atom stereocenters. The van der Waals surface area contributed by atoms with E-state index in [1.54, 1.807) is 6.20 Å². The second-order valence-corrected chi connectivity index (χ2v) is 7.74. The number of benzene rings is 1. The molecule has 0 aliphatic heterocycles. The van der Waals surface area contributed by atoms with Gasteiger partial charge >= 0.3 is 6.18 Å². The number of amides is 1. The summed E-state index contributed by atoms with van der Waals surface area (Å²) in [6.07, 6.45) is 0.112.